The maximum absolute atomic E-state index is 13.2. The highest BCUT2D eigenvalue weighted by molar-refractivity contribution is 7.21. The van der Waals surface area contributed by atoms with E-state index in [1.807, 2.05) is 26.0 Å². The molecule has 5 rings (SSSR count). The van der Waals surface area contributed by atoms with Crippen LogP contribution in [0.25, 0.3) is 27.4 Å². The molecule has 5 heterocycles. The van der Waals surface area contributed by atoms with Crippen LogP contribution in [0.5, 0.6) is 5.75 Å². The number of carbonyl (C=O) groups excluding carboxylic acids is 1. The predicted octanol–water partition coefficient (Wildman–Crippen LogP) is 3.61. The zero-order valence-electron chi connectivity index (χ0n) is 18.0. The number of nitrogens with zero attached hydrogens (tertiary/aromatic N) is 7. The number of methoxy groups -OCH3 is 1. The van der Waals surface area contributed by atoms with Crippen LogP contribution in [0, 0.1) is 13.8 Å². The Kier molecular flexibility index (Phi) is 5.23. The van der Waals surface area contributed by atoms with E-state index in [1.54, 1.807) is 48.8 Å². The average molecular weight is 459 g/mol. The van der Waals surface area contributed by atoms with Gasteiger partial charge in [0.05, 0.1) is 25.1 Å². The van der Waals surface area contributed by atoms with Crippen molar-refractivity contribution in [2.24, 2.45) is 0 Å². The summed E-state index contributed by atoms with van der Waals surface area (Å²) in [6, 6.07) is 5.54. The van der Waals surface area contributed by atoms with Crippen molar-refractivity contribution >= 4 is 32.9 Å². The second kappa shape index (κ2) is 8.36. The fraction of sp³-hybridized carbons (Fsp3) is 0.136. The first-order valence-electron chi connectivity index (χ1n) is 9.94. The molecule has 0 bridgehead atoms. The number of fused-ring (bicyclic) bond motifs is 1. The van der Waals surface area contributed by atoms with Crippen LogP contribution in [-0.2, 0) is 0 Å². The quantitative estimate of drug-likeness (QED) is 0.424. The van der Waals surface area contributed by atoms with Gasteiger partial charge in [-0.1, -0.05) is 11.3 Å². The number of hydrogen-bond donors (Lipinski definition) is 1. The van der Waals surface area contributed by atoms with Crippen LogP contribution in [0.3, 0.4) is 0 Å². The fourth-order valence-electron chi connectivity index (χ4n) is 3.33. The van der Waals surface area contributed by atoms with Gasteiger partial charge >= 0.3 is 0 Å². The molecule has 0 unspecified atom stereocenters. The number of carbonyl (C=O) groups is 1. The molecule has 0 atom stereocenters. The first-order chi connectivity index (χ1) is 16.0. The van der Waals surface area contributed by atoms with Crippen LogP contribution >= 0.6 is 11.3 Å². The molecule has 0 spiro atoms. The summed E-state index contributed by atoms with van der Waals surface area (Å²) in [5.74, 6) is 0.791. The number of aromatic nitrogens is 7. The Morgan fingerprint density at radius 2 is 1.82 bits per heavy atom. The summed E-state index contributed by atoms with van der Waals surface area (Å²) < 4.78 is 7.09. The van der Waals surface area contributed by atoms with Crippen LogP contribution in [0.2, 0.25) is 0 Å². The van der Waals surface area contributed by atoms with Crippen LogP contribution in [0.15, 0.2) is 49.2 Å². The van der Waals surface area contributed by atoms with Crippen molar-refractivity contribution in [1.82, 2.24) is 34.7 Å². The molecule has 11 heteroatoms. The molecular formula is C22H18N8O2S. The Labute approximate surface area is 192 Å². The molecule has 0 aliphatic carbocycles. The van der Waals surface area contributed by atoms with Gasteiger partial charge in [-0.05, 0) is 32.0 Å². The van der Waals surface area contributed by atoms with Gasteiger partial charge in [-0.3, -0.25) is 20.1 Å². The Bertz CT molecular complexity index is 1480. The molecule has 0 radical (unpaired) electrons. The second-order valence-electron chi connectivity index (χ2n) is 7.18. The zero-order chi connectivity index (χ0) is 22.9. The average Bonchev–Trinajstić information content (AvgIpc) is 3.48. The summed E-state index contributed by atoms with van der Waals surface area (Å²) in [4.78, 5) is 35.7. The highest BCUT2D eigenvalue weighted by Gasteiger charge is 2.19. The van der Waals surface area contributed by atoms with Gasteiger partial charge in [0.2, 0.25) is 0 Å². The maximum Gasteiger partial charge on any atom is 0.259 e. The molecule has 5 aromatic heterocycles. The topological polar surface area (TPSA) is 121 Å². The highest BCUT2D eigenvalue weighted by atomic mass is 32.1. The third-order valence-corrected chi connectivity index (χ3v) is 5.72. The molecule has 0 aliphatic rings. The number of anilines is 1. The van der Waals surface area contributed by atoms with Crippen molar-refractivity contribution in [3.63, 3.8) is 0 Å². The summed E-state index contributed by atoms with van der Waals surface area (Å²) in [6.45, 7) is 3.75. The van der Waals surface area contributed by atoms with Crippen molar-refractivity contribution in [3.05, 3.63) is 66.1 Å². The van der Waals surface area contributed by atoms with E-state index in [9.17, 15) is 4.79 Å². The Hall–Kier alpha value is -4.25. The van der Waals surface area contributed by atoms with Crippen LogP contribution in [0.4, 0.5) is 5.13 Å². The number of thiazole rings is 1. The predicted molar refractivity (Wildman–Crippen MR) is 124 cm³/mol. The molecular weight excluding hydrogens is 440 g/mol. The summed E-state index contributed by atoms with van der Waals surface area (Å²) in [6.07, 6.45) is 8.22. The lowest BCUT2D eigenvalue weighted by Crippen LogP contribution is -2.14. The molecule has 0 saturated heterocycles. The standard InChI is InChI=1S/C22H18N8O2S/c1-12-7-14(15-8-13(2)24-10-17(15)32-3)16(9-23-12)20(31)29-22-28-19-21(33-22)27-18(11-25-19)30-6-4-5-26-30/h4-11H,1-3H3,(H,25,28,29,31). The lowest BCUT2D eigenvalue weighted by atomic mass is 9.99. The lowest BCUT2D eigenvalue weighted by Gasteiger charge is -2.13. The largest absolute Gasteiger partial charge is 0.494 e. The van der Waals surface area contributed by atoms with E-state index in [2.05, 4.69) is 35.3 Å². The number of hydrogen-bond acceptors (Lipinski definition) is 9. The molecule has 10 nitrogen and oxygen atoms in total. The molecule has 0 saturated carbocycles. The Balaban J connectivity index is 1.50. The van der Waals surface area contributed by atoms with E-state index in [-0.39, 0.29) is 5.91 Å². The monoisotopic (exact) mass is 458 g/mol. The van der Waals surface area contributed by atoms with Gasteiger partial charge in [0.1, 0.15) is 5.75 Å². The molecule has 0 aromatic carbocycles. The summed E-state index contributed by atoms with van der Waals surface area (Å²) in [7, 11) is 1.57. The van der Waals surface area contributed by atoms with Gasteiger partial charge < -0.3 is 4.74 Å². The Morgan fingerprint density at radius 1 is 1.03 bits per heavy atom. The van der Waals surface area contributed by atoms with Gasteiger partial charge in [-0.25, -0.2) is 14.6 Å². The second-order valence-corrected chi connectivity index (χ2v) is 8.16. The smallest absolute Gasteiger partial charge is 0.259 e. The minimum Gasteiger partial charge on any atom is -0.494 e. The van der Waals surface area contributed by atoms with Gasteiger partial charge in [0.25, 0.3) is 5.91 Å². The number of rotatable bonds is 5. The summed E-state index contributed by atoms with van der Waals surface area (Å²) >= 11 is 1.23. The van der Waals surface area contributed by atoms with E-state index in [4.69, 9.17) is 4.74 Å². The molecule has 5 aromatic rings. The van der Waals surface area contributed by atoms with E-state index < -0.39 is 0 Å². The van der Waals surface area contributed by atoms with Gasteiger partial charge in [-0.2, -0.15) is 10.1 Å². The molecule has 33 heavy (non-hydrogen) atoms. The third kappa shape index (κ3) is 4.01. The van der Waals surface area contributed by atoms with Crippen molar-refractivity contribution < 1.29 is 9.53 Å². The van der Waals surface area contributed by atoms with Crippen molar-refractivity contribution in [3.8, 4) is 22.7 Å². The minimum atomic E-state index is -0.347. The van der Waals surface area contributed by atoms with E-state index in [1.165, 1.54) is 11.3 Å². The molecule has 1 amide bonds. The SMILES string of the molecule is COc1cnc(C)cc1-c1cc(C)ncc1C(=O)Nc1nc2ncc(-n3cccn3)nc2s1. The Morgan fingerprint density at radius 3 is 2.58 bits per heavy atom. The highest BCUT2D eigenvalue weighted by Crippen LogP contribution is 2.33. The lowest BCUT2D eigenvalue weighted by molar-refractivity contribution is 0.102. The van der Waals surface area contributed by atoms with Crippen molar-refractivity contribution in [2.45, 2.75) is 13.8 Å². The van der Waals surface area contributed by atoms with Crippen molar-refractivity contribution in [2.75, 3.05) is 12.4 Å². The minimum absolute atomic E-state index is 0.347. The number of aryl methyl sites for hydroxylation is 2. The molecule has 0 aliphatic heterocycles. The van der Waals surface area contributed by atoms with Gasteiger partial charge in [0, 0.05) is 41.1 Å². The van der Waals surface area contributed by atoms with Gasteiger partial charge in [-0.15, -0.1) is 0 Å². The van der Waals surface area contributed by atoms with Gasteiger partial charge in [0.15, 0.2) is 21.4 Å². The van der Waals surface area contributed by atoms with Crippen LogP contribution in [-0.4, -0.2) is 47.7 Å². The third-order valence-electron chi connectivity index (χ3n) is 4.87. The maximum atomic E-state index is 13.2. The first kappa shape index (κ1) is 20.6. The normalized spacial score (nSPS) is 11.0. The number of ether oxygens (including phenoxy) is 1. The van der Waals surface area contributed by atoms with E-state index >= 15 is 0 Å². The van der Waals surface area contributed by atoms with Crippen LogP contribution < -0.4 is 10.1 Å². The number of amides is 1. The molecule has 164 valence electrons. The van der Waals surface area contributed by atoms with E-state index in [0.717, 1.165) is 17.0 Å². The number of nitrogens with one attached hydrogen (secondary N) is 1. The number of pyridine rings is 2. The summed E-state index contributed by atoms with van der Waals surface area (Å²) in [5, 5.41) is 7.40. The van der Waals surface area contributed by atoms with Crippen molar-refractivity contribution in [1.29, 1.82) is 0 Å². The fourth-order valence-corrected chi connectivity index (χ4v) is 4.12. The zero-order valence-corrected chi connectivity index (χ0v) is 18.8. The van der Waals surface area contributed by atoms with Crippen LogP contribution in [0.1, 0.15) is 21.7 Å². The van der Waals surface area contributed by atoms with E-state index in [0.29, 0.717) is 38.3 Å². The summed E-state index contributed by atoms with van der Waals surface area (Å²) in [5.41, 5.74) is 3.88. The molecule has 0 fully saturated rings. The first-order valence-corrected chi connectivity index (χ1v) is 10.8. The molecule has 1 N–H and O–H groups in total.